The summed E-state index contributed by atoms with van der Waals surface area (Å²) in [5.41, 5.74) is 0. The number of rotatable bonds is 12. The Hall–Kier alpha value is -0.530. The zero-order valence-electron chi connectivity index (χ0n) is 11.8. The molecule has 0 saturated heterocycles. The molecule has 102 valence electrons. The van der Waals surface area contributed by atoms with E-state index in [2.05, 4.69) is 13.8 Å². The normalized spacial score (nSPS) is 10.5. The van der Waals surface area contributed by atoms with Crippen LogP contribution in [0.3, 0.4) is 0 Å². The highest BCUT2D eigenvalue weighted by atomic mass is 16.5. The van der Waals surface area contributed by atoms with Gasteiger partial charge in [-0.2, -0.15) is 0 Å². The third-order valence-electron chi connectivity index (χ3n) is 3.00. The van der Waals surface area contributed by atoms with E-state index in [1.165, 1.54) is 51.4 Å². The SMILES string of the molecule is CCCCCCCOC(=O)CCCCCCC. The molecule has 0 heterocycles. The van der Waals surface area contributed by atoms with Crippen LogP contribution in [0.5, 0.6) is 0 Å². The molecule has 17 heavy (non-hydrogen) atoms. The second-order valence-electron chi connectivity index (χ2n) is 4.80. The van der Waals surface area contributed by atoms with Gasteiger partial charge in [-0.15, -0.1) is 0 Å². The highest BCUT2D eigenvalue weighted by Gasteiger charge is 2.01. The second kappa shape index (κ2) is 13.5. The van der Waals surface area contributed by atoms with E-state index < -0.39 is 0 Å². The fourth-order valence-electron chi connectivity index (χ4n) is 1.84. The molecular weight excluding hydrogens is 212 g/mol. The quantitative estimate of drug-likeness (QED) is 0.361. The molecule has 2 nitrogen and oxygen atoms in total. The number of esters is 1. The molecule has 0 atom stereocenters. The van der Waals surface area contributed by atoms with E-state index >= 15 is 0 Å². The van der Waals surface area contributed by atoms with Crippen molar-refractivity contribution in [1.82, 2.24) is 0 Å². The smallest absolute Gasteiger partial charge is 0.305 e. The second-order valence-corrected chi connectivity index (χ2v) is 4.80. The summed E-state index contributed by atoms with van der Waals surface area (Å²) in [7, 11) is 0. The molecule has 0 spiro atoms. The lowest BCUT2D eigenvalue weighted by atomic mass is 10.1. The van der Waals surface area contributed by atoms with E-state index in [0.717, 1.165) is 12.8 Å². The van der Waals surface area contributed by atoms with Gasteiger partial charge in [-0.3, -0.25) is 4.79 Å². The summed E-state index contributed by atoms with van der Waals surface area (Å²) >= 11 is 0. The molecule has 0 fully saturated rings. The van der Waals surface area contributed by atoms with Crippen molar-refractivity contribution in [3.8, 4) is 0 Å². The van der Waals surface area contributed by atoms with Gasteiger partial charge >= 0.3 is 5.97 Å². The van der Waals surface area contributed by atoms with E-state index in [9.17, 15) is 4.79 Å². The number of carbonyl (C=O) groups is 1. The molecule has 0 unspecified atom stereocenters. The highest BCUT2D eigenvalue weighted by molar-refractivity contribution is 5.69. The van der Waals surface area contributed by atoms with Crippen LogP contribution in [0.2, 0.25) is 0 Å². The van der Waals surface area contributed by atoms with Crippen LogP contribution in [0.1, 0.15) is 84.5 Å². The van der Waals surface area contributed by atoms with Crippen LogP contribution < -0.4 is 0 Å². The summed E-state index contributed by atoms with van der Waals surface area (Å²) in [6.07, 6.45) is 12.6. The van der Waals surface area contributed by atoms with Crippen molar-refractivity contribution >= 4 is 5.97 Å². The van der Waals surface area contributed by atoms with Gasteiger partial charge in [-0.25, -0.2) is 0 Å². The largest absolute Gasteiger partial charge is 0.466 e. The number of carbonyl (C=O) groups excluding carboxylic acids is 1. The van der Waals surface area contributed by atoms with Gasteiger partial charge in [0, 0.05) is 6.42 Å². The molecule has 0 bridgehead atoms. The molecule has 0 saturated carbocycles. The third-order valence-corrected chi connectivity index (χ3v) is 3.00. The Bertz CT molecular complexity index is 166. The molecule has 0 aromatic carbocycles. The van der Waals surface area contributed by atoms with Crippen molar-refractivity contribution in [1.29, 1.82) is 0 Å². The maximum Gasteiger partial charge on any atom is 0.305 e. The van der Waals surface area contributed by atoms with Crippen molar-refractivity contribution in [2.75, 3.05) is 6.61 Å². The predicted octanol–water partition coefficient (Wildman–Crippen LogP) is 4.86. The highest BCUT2D eigenvalue weighted by Crippen LogP contribution is 2.06. The van der Waals surface area contributed by atoms with Crippen LogP contribution in [0, 0.1) is 0 Å². The Morgan fingerprint density at radius 2 is 1.29 bits per heavy atom. The lowest BCUT2D eigenvalue weighted by molar-refractivity contribution is -0.143. The summed E-state index contributed by atoms with van der Waals surface area (Å²) in [5, 5.41) is 0. The molecule has 0 radical (unpaired) electrons. The summed E-state index contributed by atoms with van der Waals surface area (Å²) in [5.74, 6) is -0.00279. The van der Waals surface area contributed by atoms with E-state index in [1.807, 2.05) is 0 Å². The Labute approximate surface area is 107 Å². The first kappa shape index (κ1) is 16.5. The summed E-state index contributed by atoms with van der Waals surface area (Å²) in [4.78, 5) is 11.3. The number of ether oxygens (including phenoxy) is 1. The van der Waals surface area contributed by atoms with Crippen LogP contribution in [-0.2, 0) is 9.53 Å². The first-order valence-corrected chi connectivity index (χ1v) is 7.46. The van der Waals surface area contributed by atoms with Gasteiger partial charge in [0.05, 0.1) is 6.61 Å². The average Bonchev–Trinajstić information content (AvgIpc) is 2.33. The van der Waals surface area contributed by atoms with Crippen LogP contribution in [0.4, 0.5) is 0 Å². The van der Waals surface area contributed by atoms with Gasteiger partial charge in [-0.05, 0) is 12.8 Å². The summed E-state index contributed by atoms with van der Waals surface area (Å²) in [6, 6.07) is 0. The molecule has 0 amide bonds. The van der Waals surface area contributed by atoms with Gasteiger partial charge in [-0.1, -0.05) is 65.2 Å². The molecule has 0 N–H and O–H groups in total. The maximum absolute atomic E-state index is 11.3. The van der Waals surface area contributed by atoms with Crippen LogP contribution >= 0.6 is 0 Å². The molecule has 0 rings (SSSR count). The molecule has 0 aliphatic carbocycles. The van der Waals surface area contributed by atoms with Gasteiger partial charge in [0.2, 0.25) is 0 Å². The van der Waals surface area contributed by atoms with E-state index in [0.29, 0.717) is 13.0 Å². The molecule has 0 aliphatic rings. The fourth-order valence-corrected chi connectivity index (χ4v) is 1.84. The van der Waals surface area contributed by atoms with E-state index in [1.54, 1.807) is 0 Å². The minimum absolute atomic E-state index is 0.00279. The van der Waals surface area contributed by atoms with Crippen LogP contribution in [0.25, 0.3) is 0 Å². The van der Waals surface area contributed by atoms with Crippen LogP contribution in [-0.4, -0.2) is 12.6 Å². The summed E-state index contributed by atoms with van der Waals surface area (Å²) in [6.45, 7) is 5.03. The topological polar surface area (TPSA) is 26.3 Å². The van der Waals surface area contributed by atoms with Gasteiger partial charge in [0.25, 0.3) is 0 Å². The van der Waals surface area contributed by atoms with E-state index in [4.69, 9.17) is 4.74 Å². The van der Waals surface area contributed by atoms with Gasteiger partial charge in [0.15, 0.2) is 0 Å². The first-order valence-electron chi connectivity index (χ1n) is 7.46. The Kier molecular flexibility index (Phi) is 13.1. The van der Waals surface area contributed by atoms with Gasteiger partial charge in [0.1, 0.15) is 0 Å². The maximum atomic E-state index is 11.3. The Morgan fingerprint density at radius 3 is 1.88 bits per heavy atom. The lowest BCUT2D eigenvalue weighted by Gasteiger charge is -2.04. The molecule has 0 aromatic rings. The Balaban J connectivity index is 3.12. The van der Waals surface area contributed by atoms with E-state index in [-0.39, 0.29) is 5.97 Å². The Morgan fingerprint density at radius 1 is 0.765 bits per heavy atom. The number of unbranched alkanes of at least 4 members (excludes halogenated alkanes) is 8. The first-order chi connectivity index (χ1) is 8.31. The minimum Gasteiger partial charge on any atom is -0.466 e. The standard InChI is InChI=1S/C15H30O2/c1-3-5-7-9-11-13-15(16)17-14-12-10-8-6-4-2/h3-14H2,1-2H3. The van der Waals surface area contributed by atoms with Crippen molar-refractivity contribution in [2.45, 2.75) is 84.5 Å². The zero-order valence-corrected chi connectivity index (χ0v) is 11.8. The van der Waals surface area contributed by atoms with Crippen LogP contribution in [0.15, 0.2) is 0 Å². The zero-order chi connectivity index (χ0) is 12.8. The molecule has 0 aromatic heterocycles. The minimum atomic E-state index is -0.00279. The number of hydrogen-bond acceptors (Lipinski definition) is 2. The number of hydrogen-bond donors (Lipinski definition) is 0. The van der Waals surface area contributed by atoms with Crippen molar-refractivity contribution in [3.05, 3.63) is 0 Å². The third kappa shape index (κ3) is 13.4. The monoisotopic (exact) mass is 242 g/mol. The summed E-state index contributed by atoms with van der Waals surface area (Å²) < 4.78 is 5.19. The van der Waals surface area contributed by atoms with Crippen molar-refractivity contribution in [3.63, 3.8) is 0 Å². The average molecular weight is 242 g/mol. The molecular formula is C15H30O2. The predicted molar refractivity (Wildman–Crippen MR) is 73.1 cm³/mol. The van der Waals surface area contributed by atoms with Crippen molar-refractivity contribution < 1.29 is 9.53 Å². The van der Waals surface area contributed by atoms with Gasteiger partial charge < -0.3 is 4.74 Å². The lowest BCUT2D eigenvalue weighted by Crippen LogP contribution is -2.05. The molecule has 0 aliphatic heterocycles. The van der Waals surface area contributed by atoms with Crippen molar-refractivity contribution in [2.24, 2.45) is 0 Å². The molecule has 2 heteroatoms. The fraction of sp³-hybridized carbons (Fsp3) is 0.933.